The Morgan fingerprint density at radius 1 is 0.769 bits per heavy atom. The molecule has 0 aliphatic carbocycles. The van der Waals surface area contributed by atoms with Gasteiger partial charge in [0.25, 0.3) is 11.8 Å². The summed E-state index contributed by atoms with van der Waals surface area (Å²) in [5, 5.41) is 24.1. The lowest BCUT2D eigenvalue weighted by atomic mass is 10.2. The fourth-order valence-electron chi connectivity index (χ4n) is 2.03. The number of nitrogens with one attached hydrogen (secondary N) is 2. The predicted molar refractivity (Wildman–Crippen MR) is 91.9 cm³/mol. The zero-order valence-corrected chi connectivity index (χ0v) is 13.2. The second kappa shape index (κ2) is 7.26. The lowest BCUT2D eigenvalue weighted by Crippen LogP contribution is -2.16. The van der Waals surface area contributed by atoms with E-state index in [1.165, 1.54) is 42.9 Å². The van der Waals surface area contributed by atoms with E-state index in [4.69, 9.17) is 0 Å². The number of rotatable bonds is 4. The van der Waals surface area contributed by atoms with Gasteiger partial charge in [0.2, 0.25) is 11.8 Å². The monoisotopic (exact) mass is 351 g/mol. The van der Waals surface area contributed by atoms with Crippen molar-refractivity contribution in [1.29, 1.82) is 0 Å². The van der Waals surface area contributed by atoms with Gasteiger partial charge >= 0.3 is 0 Å². The fraction of sp³-hybridized carbons (Fsp3) is 0. The summed E-state index contributed by atoms with van der Waals surface area (Å²) in [6.07, 6.45) is 4.00. The zero-order valence-electron chi connectivity index (χ0n) is 13.2. The number of nitrogens with zero attached hydrogens (tertiary/aromatic N) is 3. The minimum absolute atomic E-state index is 0.0500. The normalized spacial score (nSPS) is 10.2. The highest BCUT2D eigenvalue weighted by molar-refractivity contribution is 6.06. The molecule has 9 heteroatoms. The third-order valence-electron chi connectivity index (χ3n) is 3.33. The second-order valence-electron chi connectivity index (χ2n) is 5.09. The minimum atomic E-state index is -0.565. The molecule has 0 spiro atoms. The van der Waals surface area contributed by atoms with Crippen molar-refractivity contribution < 1.29 is 19.8 Å². The topological polar surface area (TPSA) is 137 Å². The number of amides is 2. The van der Waals surface area contributed by atoms with Crippen molar-refractivity contribution in [2.24, 2.45) is 0 Å². The van der Waals surface area contributed by atoms with Gasteiger partial charge in [0.15, 0.2) is 0 Å². The van der Waals surface area contributed by atoms with E-state index in [1.807, 2.05) is 0 Å². The smallest absolute Gasteiger partial charge is 0.274 e. The van der Waals surface area contributed by atoms with Crippen LogP contribution in [0.15, 0.2) is 55.0 Å². The molecule has 0 aromatic carbocycles. The Bertz CT molecular complexity index is 881. The van der Waals surface area contributed by atoms with Crippen molar-refractivity contribution in [2.45, 2.75) is 0 Å². The molecule has 0 atom stereocenters. The number of pyridine rings is 3. The average molecular weight is 351 g/mol. The van der Waals surface area contributed by atoms with Crippen LogP contribution in [0.25, 0.3) is 0 Å². The summed E-state index contributed by atoms with van der Waals surface area (Å²) >= 11 is 0. The highest BCUT2D eigenvalue weighted by Crippen LogP contribution is 2.20. The largest absolute Gasteiger partial charge is 0.492 e. The summed E-state index contributed by atoms with van der Waals surface area (Å²) in [6, 6.07) is 8.88. The molecule has 130 valence electrons. The number of aromatic nitrogens is 3. The molecule has 0 saturated carbocycles. The van der Waals surface area contributed by atoms with Gasteiger partial charge in [0.05, 0.1) is 5.56 Å². The Balaban J connectivity index is 1.70. The fourth-order valence-corrected chi connectivity index (χ4v) is 2.03. The molecular weight excluding hydrogens is 338 g/mol. The number of hydrogen-bond acceptors (Lipinski definition) is 7. The predicted octanol–water partition coefficient (Wildman–Crippen LogP) is 1.79. The van der Waals surface area contributed by atoms with Crippen molar-refractivity contribution in [3.8, 4) is 11.8 Å². The van der Waals surface area contributed by atoms with Crippen LogP contribution in [0.2, 0.25) is 0 Å². The number of carbonyl (C=O) groups excluding carboxylic acids is 2. The van der Waals surface area contributed by atoms with Crippen LogP contribution < -0.4 is 10.6 Å². The SMILES string of the molecule is O=C(Nc1cccnc1O)c1ccc(C(=O)Nc2cccnc2O)nc1. The van der Waals surface area contributed by atoms with E-state index >= 15 is 0 Å². The molecule has 9 nitrogen and oxygen atoms in total. The van der Waals surface area contributed by atoms with Crippen LogP contribution in [0, 0.1) is 0 Å². The standard InChI is InChI=1S/C17H13N5O4/c23-14(21-12-3-1-7-18-15(12)24)10-5-6-11(20-9-10)17(26)22-13-4-2-8-19-16(13)25/h1-9H,(H,18,24)(H,19,25)(H,21,23)(H,22,26). The second-order valence-corrected chi connectivity index (χ2v) is 5.09. The third-order valence-corrected chi connectivity index (χ3v) is 3.33. The first-order chi connectivity index (χ1) is 12.5. The first-order valence-electron chi connectivity index (χ1n) is 7.41. The highest BCUT2D eigenvalue weighted by Gasteiger charge is 2.13. The van der Waals surface area contributed by atoms with Crippen molar-refractivity contribution in [3.63, 3.8) is 0 Å². The van der Waals surface area contributed by atoms with E-state index in [9.17, 15) is 19.8 Å². The van der Waals surface area contributed by atoms with Gasteiger partial charge in [-0.3, -0.25) is 14.6 Å². The van der Waals surface area contributed by atoms with Crippen LogP contribution in [-0.2, 0) is 0 Å². The molecule has 0 unspecified atom stereocenters. The van der Waals surface area contributed by atoms with Crippen LogP contribution in [0.1, 0.15) is 20.8 Å². The van der Waals surface area contributed by atoms with E-state index < -0.39 is 11.8 Å². The molecule has 2 amide bonds. The summed E-state index contributed by atoms with van der Waals surface area (Å²) in [5.41, 5.74) is 0.544. The Morgan fingerprint density at radius 2 is 1.35 bits per heavy atom. The summed E-state index contributed by atoms with van der Waals surface area (Å²) in [5.74, 6) is -1.70. The first kappa shape index (κ1) is 16.8. The van der Waals surface area contributed by atoms with Gasteiger partial charge < -0.3 is 20.8 Å². The molecule has 0 radical (unpaired) electrons. The molecule has 3 heterocycles. The van der Waals surface area contributed by atoms with Crippen LogP contribution in [-0.4, -0.2) is 37.0 Å². The van der Waals surface area contributed by atoms with Gasteiger partial charge in [-0.25, -0.2) is 9.97 Å². The number of aromatic hydroxyl groups is 2. The van der Waals surface area contributed by atoms with Crippen LogP contribution in [0.3, 0.4) is 0 Å². The molecule has 0 aliphatic heterocycles. The summed E-state index contributed by atoms with van der Waals surface area (Å²) in [4.78, 5) is 35.5. The maximum atomic E-state index is 12.2. The Labute approximate surface area is 147 Å². The molecular formula is C17H13N5O4. The summed E-state index contributed by atoms with van der Waals surface area (Å²) < 4.78 is 0. The molecule has 0 fully saturated rings. The van der Waals surface area contributed by atoms with Crippen molar-refractivity contribution in [3.05, 3.63) is 66.2 Å². The highest BCUT2D eigenvalue weighted by atomic mass is 16.3. The third kappa shape index (κ3) is 3.73. The van der Waals surface area contributed by atoms with E-state index in [0.29, 0.717) is 0 Å². The first-order valence-corrected chi connectivity index (χ1v) is 7.41. The average Bonchev–Trinajstić information content (AvgIpc) is 2.65. The Morgan fingerprint density at radius 3 is 1.85 bits per heavy atom. The van der Waals surface area contributed by atoms with Crippen molar-refractivity contribution in [2.75, 3.05) is 10.6 Å². The lowest BCUT2D eigenvalue weighted by Gasteiger charge is -2.07. The molecule has 0 aliphatic rings. The number of carbonyl (C=O) groups is 2. The van der Waals surface area contributed by atoms with Crippen LogP contribution >= 0.6 is 0 Å². The van der Waals surface area contributed by atoms with Gasteiger partial charge in [0.1, 0.15) is 17.1 Å². The molecule has 3 aromatic heterocycles. The number of hydrogen-bond donors (Lipinski definition) is 4. The zero-order chi connectivity index (χ0) is 18.5. The van der Waals surface area contributed by atoms with E-state index in [2.05, 4.69) is 25.6 Å². The van der Waals surface area contributed by atoms with E-state index in [-0.39, 0.29) is 34.4 Å². The van der Waals surface area contributed by atoms with Gasteiger partial charge in [0, 0.05) is 18.6 Å². The van der Waals surface area contributed by atoms with Gasteiger partial charge in [-0.2, -0.15) is 0 Å². The molecule has 0 saturated heterocycles. The Kier molecular flexibility index (Phi) is 4.70. The quantitative estimate of drug-likeness (QED) is 0.562. The van der Waals surface area contributed by atoms with E-state index in [0.717, 1.165) is 0 Å². The molecule has 0 bridgehead atoms. The van der Waals surface area contributed by atoms with Crippen LogP contribution in [0.5, 0.6) is 11.8 Å². The maximum Gasteiger partial charge on any atom is 0.274 e. The van der Waals surface area contributed by atoms with Crippen LogP contribution in [0.4, 0.5) is 11.4 Å². The van der Waals surface area contributed by atoms with Gasteiger partial charge in [-0.05, 0) is 36.4 Å². The Hall–Kier alpha value is -4.01. The molecule has 4 N–H and O–H groups in total. The maximum absolute atomic E-state index is 12.2. The molecule has 3 aromatic rings. The minimum Gasteiger partial charge on any atom is -0.492 e. The summed E-state index contributed by atoms with van der Waals surface area (Å²) in [7, 11) is 0. The summed E-state index contributed by atoms with van der Waals surface area (Å²) in [6.45, 7) is 0. The van der Waals surface area contributed by atoms with Crippen molar-refractivity contribution in [1.82, 2.24) is 15.0 Å². The lowest BCUT2D eigenvalue weighted by molar-refractivity contribution is 0.101. The van der Waals surface area contributed by atoms with E-state index in [1.54, 1.807) is 12.1 Å². The molecule has 26 heavy (non-hydrogen) atoms. The van der Waals surface area contributed by atoms with Crippen molar-refractivity contribution >= 4 is 23.2 Å². The number of anilines is 2. The molecule has 3 rings (SSSR count). The van der Waals surface area contributed by atoms with Gasteiger partial charge in [-0.15, -0.1) is 0 Å². The van der Waals surface area contributed by atoms with Gasteiger partial charge in [-0.1, -0.05) is 0 Å².